The fraction of sp³-hybridized carbons (Fsp3) is 0.286. The van der Waals surface area contributed by atoms with Gasteiger partial charge in [0.1, 0.15) is 11.1 Å². The summed E-state index contributed by atoms with van der Waals surface area (Å²) >= 11 is 1.64. The Morgan fingerprint density at radius 1 is 1.00 bits per heavy atom. The Labute approximate surface area is 205 Å². The second kappa shape index (κ2) is 11.3. The van der Waals surface area contributed by atoms with E-state index in [-0.39, 0.29) is 23.3 Å². The fourth-order valence-electron chi connectivity index (χ4n) is 3.91. The number of benzene rings is 3. The summed E-state index contributed by atoms with van der Waals surface area (Å²) in [5, 5.41) is 2.96. The second-order valence-electron chi connectivity index (χ2n) is 8.60. The van der Waals surface area contributed by atoms with Gasteiger partial charge in [-0.15, -0.1) is 11.8 Å². The molecule has 3 aromatic carbocycles. The van der Waals surface area contributed by atoms with Crippen molar-refractivity contribution in [3.63, 3.8) is 0 Å². The van der Waals surface area contributed by atoms with Gasteiger partial charge in [-0.1, -0.05) is 54.6 Å². The van der Waals surface area contributed by atoms with Crippen LogP contribution in [-0.2, 0) is 17.8 Å². The molecule has 0 radical (unpaired) electrons. The molecule has 1 aliphatic rings. The summed E-state index contributed by atoms with van der Waals surface area (Å²) in [4.78, 5) is 27.1. The van der Waals surface area contributed by atoms with Gasteiger partial charge in [0, 0.05) is 18.7 Å². The summed E-state index contributed by atoms with van der Waals surface area (Å²) in [5.74, 6) is 1.35. The lowest BCUT2D eigenvalue weighted by Crippen LogP contribution is -2.30. The fourth-order valence-corrected chi connectivity index (χ4v) is 5.13. The Morgan fingerprint density at radius 2 is 1.71 bits per heavy atom. The van der Waals surface area contributed by atoms with E-state index in [9.17, 15) is 9.59 Å². The van der Waals surface area contributed by atoms with Crippen molar-refractivity contribution in [1.29, 1.82) is 0 Å². The van der Waals surface area contributed by atoms with E-state index in [2.05, 4.69) is 17.4 Å². The zero-order chi connectivity index (χ0) is 23.9. The molecule has 4 rings (SSSR count). The van der Waals surface area contributed by atoms with Crippen molar-refractivity contribution >= 4 is 23.6 Å². The van der Waals surface area contributed by atoms with Crippen LogP contribution in [0.4, 0.5) is 0 Å². The standard InChI is InChI=1S/C28H30N2O3S/c1-20(2)33-25-14-8-22(9-15-25)18-29-27(32)23-10-12-24(13-11-23)28-30(26(31)19-34-28)17-16-21-6-4-3-5-7-21/h3-15,20,28H,16-19H2,1-2H3,(H,29,32). The van der Waals surface area contributed by atoms with Crippen molar-refractivity contribution in [2.45, 2.75) is 38.3 Å². The molecule has 1 fully saturated rings. The predicted molar refractivity (Wildman–Crippen MR) is 137 cm³/mol. The number of nitrogens with one attached hydrogen (secondary N) is 1. The maximum absolute atomic E-state index is 12.6. The molecule has 0 aliphatic carbocycles. The van der Waals surface area contributed by atoms with Gasteiger partial charge in [0.15, 0.2) is 0 Å². The molecular weight excluding hydrogens is 444 g/mol. The Kier molecular flexibility index (Phi) is 7.91. The molecule has 1 unspecified atom stereocenters. The highest BCUT2D eigenvalue weighted by molar-refractivity contribution is 8.00. The van der Waals surface area contributed by atoms with Crippen LogP contribution in [0, 0.1) is 0 Å². The van der Waals surface area contributed by atoms with Crippen LogP contribution >= 0.6 is 11.8 Å². The van der Waals surface area contributed by atoms with E-state index in [1.165, 1.54) is 5.56 Å². The molecule has 0 aromatic heterocycles. The molecule has 34 heavy (non-hydrogen) atoms. The Bertz CT molecular complexity index is 1100. The van der Waals surface area contributed by atoms with Gasteiger partial charge >= 0.3 is 0 Å². The number of rotatable bonds is 9. The van der Waals surface area contributed by atoms with Crippen LogP contribution in [0.25, 0.3) is 0 Å². The van der Waals surface area contributed by atoms with Crippen LogP contribution < -0.4 is 10.1 Å². The van der Waals surface area contributed by atoms with Gasteiger partial charge in [-0.3, -0.25) is 9.59 Å². The van der Waals surface area contributed by atoms with Crippen LogP contribution in [0.3, 0.4) is 0 Å². The topological polar surface area (TPSA) is 58.6 Å². The van der Waals surface area contributed by atoms with E-state index in [0.29, 0.717) is 24.4 Å². The van der Waals surface area contributed by atoms with Gasteiger partial charge < -0.3 is 15.0 Å². The summed E-state index contributed by atoms with van der Waals surface area (Å²) < 4.78 is 5.66. The molecule has 0 saturated carbocycles. The maximum atomic E-state index is 12.6. The van der Waals surface area contributed by atoms with Crippen molar-refractivity contribution < 1.29 is 14.3 Å². The van der Waals surface area contributed by atoms with Gasteiger partial charge in [0.25, 0.3) is 5.91 Å². The monoisotopic (exact) mass is 474 g/mol. The van der Waals surface area contributed by atoms with Gasteiger partial charge in [-0.05, 0) is 61.2 Å². The van der Waals surface area contributed by atoms with Crippen molar-refractivity contribution in [3.05, 3.63) is 101 Å². The smallest absolute Gasteiger partial charge is 0.251 e. The lowest BCUT2D eigenvalue weighted by molar-refractivity contribution is -0.128. The average molecular weight is 475 g/mol. The number of nitrogens with zero attached hydrogens (tertiary/aromatic N) is 1. The van der Waals surface area contributed by atoms with E-state index < -0.39 is 0 Å². The molecule has 6 heteroatoms. The highest BCUT2D eigenvalue weighted by atomic mass is 32.2. The summed E-state index contributed by atoms with van der Waals surface area (Å²) in [6.07, 6.45) is 0.958. The number of hydrogen-bond donors (Lipinski definition) is 1. The van der Waals surface area contributed by atoms with Crippen molar-refractivity contribution in [3.8, 4) is 5.75 Å². The van der Waals surface area contributed by atoms with Gasteiger partial charge in [-0.2, -0.15) is 0 Å². The molecule has 1 N–H and O–H groups in total. The molecular formula is C28H30N2O3S. The summed E-state index contributed by atoms with van der Waals surface area (Å²) in [6.45, 7) is 5.11. The molecule has 0 bridgehead atoms. The van der Waals surface area contributed by atoms with E-state index in [0.717, 1.165) is 23.3 Å². The second-order valence-corrected chi connectivity index (χ2v) is 9.67. The van der Waals surface area contributed by atoms with E-state index in [1.54, 1.807) is 11.8 Å². The lowest BCUT2D eigenvalue weighted by atomic mass is 10.1. The van der Waals surface area contributed by atoms with Crippen molar-refractivity contribution in [2.75, 3.05) is 12.3 Å². The van der Waals surface area contributed by atoms with E-state index >= 15 is 0 Å². The van der Waals surface area contributed by atoms with Crippen LogP contribution in [0.15, 0.2) is 78.9 Å². The molecule has 1 saturated heterocycles. The third-order valence-corrected chi connectivity index (χ3v) is 6.91. The minimum Gasteiger partial charge on any atom is -0.491 e. The molecule has 1 heterocycles. The first-order valence-electron chi connectivity index (χ1n) is 11.6. The van der Waals surface area contributed by atoms with Crippen LogP contribution in [-0.4, -0.2) is 35.1 Å². The van der Waals surface area contributed by atoms with Crippen LogP contribution in [0.5, 0.6) is 5.75 Å². The zero-order valence-electron chi connectivity index (χ0n) is 19.6. The first-order chi connectivity index (χ1) is 16.5. The third-order valence-electron chi connectivity index (χ3n) is 5.66. The zero-order valence-corrected chi connectivity index (χ0v) is 20.4. The SMILES string of the molecule is CC(C)Oc1ccc(CNC(=O)c2ccc(C3SCC(=O)N3CCc3ccccc3)cc2)cc1. The summed E-state index contributed by atoms with van der Waals surface area (Å²) in [5.41, 5.74) is 3.88. The highest BCUT2D eigenvalue weighted by Crippen LogP contribution is 2.38. The molecule has 5 nitrogen and oxygen atoms in total. The van der Waals surface area contributed by atoms with E-state index in [1.807, 2.05) is 85.5 Å². The largest absolute Gasteiger partial charge is 0.491 e. The molecule has 176 valence electrons. The Morgan fingerprint density at radius 3 is 2.38 bits per heavy atom. The molecule has 3 aromatic rings. The van der Waals surface area contributed by atoms with Gasteiger partial charge in [0.05, 0.1) is 11.9 Å². The summed E-state index contributed by atoms with van der Waals surface area (Å²) in [7, 11) is 0. The Balaban J connectivity index is 1.33. The molecule has 2 amide bonds. The summed E-state index contributed by atoms with van der Waals surface area (Å²) in [6, 6.07) is 25.6. The first-order valence-corrected chi connectivity index (χ1v) is 12.6. The van der Waals surface area contributed by atoms with Crippen LogP contribution in [0.1, 0.15) is 46.3 Å². The third kappa shape index (κ3) is 6.20. The minimum absolute atomic E-state index is 0.0140. The Hall–Kier alpha value is -3.25. The average Bonchev–Trinajstić information content (AvgIpc) is 3.22. The minimum atomic E-state index is -0.120. The quantitative estimate of drug-likeness (QED) is 0.462. The number of carbonyl (C=O) groups excluding carboxylic acids is 2. The normalized spacial score (nSPS) is 15.6. The van der Waals surface area contributed by atoms with Crippen LogP contribution in [0.2, 0.25) is 0 Å². The van der Waals surface area contributed by atoms with Gasteiger partial charge in [-0.25, -0.2) is 0 Å². The first kappa shape index (κ1) is 23.9. The van der Waals surface area contributed by atoms with Crippen molar-refractivity contribution in [1.82, 2.24) is 10.2 Å². The van der Waals surface area contributed by atoms with Gasteiger partial charge in [0.2, 0.25) is 5.91 Å². The lowest BCUT2D eigenvalue weighted by Gasteiger charge is -2.24. The molecule has 1 atom stereocenters. The maximum Gasteiger partial charge on any atom is 0.251 e. The van der Waals surface area contributed by atoms with Crippen molar-refractivity contribution in [2.24, 2.45) is 0 Å². The number of ether oxygens (including phenoxy) is 1. The van der Waals surface area contributed by atoms with E-state index in [4.69, 9.17) is 4.74 Å². The number of thioether (sulfide) groups is 1. The predicted octanol–water partition coefficient (Wildman–Crippen LogP) is 5.22. The molecule has 1 aliphatic heterocycles. The highest BCUT2D eigenvalue weighted by Gasteiger charge is 2.32. The number of hydrogen-bond acceptors (Lipinski definition) is 4. The molecule has 0 spiro atoms. The number of amides is 2. The number of carbonyl (C=O) groups is 2.